The first kappa shape index (κ1) is 16.4. The molecular weight excluding hydrogens is 338 g/mol. The molecular formula is C20H25N7. The number of hydrogen-bond donors (Lipinski definition) is 1. The number of allylic oxidation sites excluding steroid dienone is 1. The molecule has 0 radical (unpaired) electrons. The lowest BCUT2D eigenvalue weighted by Gasteiger charge is -2.28. The van der Waals surface area contributed by atoms with Crippen LogP contribution >= 0.6 is 0 Å². The van der Waals surface area contributed by atoms with Crippen molar-refractivity contribution in [1.82, 2.24) is 29.2 Å². The Morgan fingerprint density at radius 1 is 1.19 bits per heavy atom. The minimum Gasteiger partial charge on any atom is -0.354 e. The number of rotatable bonds is 4. The summed E-state index contributed by atoms with van der Waals surface area (Å²) in [6.45, 7) is 3.31. The first-order valence-electron chi connectivity index (χ1n) is 9.54. The second kappa shape index (κ2) is 6.74. The number of nitrogens with one attached hydrogen (secondary N) is 1. The third-order valence-electron chi connectivity index (χ3n) is 5.60. The summed E-state index contributed by atoms with van der Waals surface area (Å²) in [4.78, 5) is 20.3. The van der Waals surface area contributed by atoms with Crippen LogP contribution in [0.4, 0.5) is 5.95 Å². The molecule has 7 heteroatoms. The zero-order valence-electron chi connectivity index (χ0n) is 15.5. The molecule has 1 N–H and O–H groups in total. The fraction of sp³-hybridized carbons (Fsp3) is 0.400. The minimum absolute atomic E-state index is 0. The Kier molecular flexibility index (Phi) is 4.09. The molecule has 0 aromatic carbocycles. The predicted molar refractivity (Wildman–Crippen MR) is 107 cm³/mol. The number of nitrogens with zero attached hydrogens (tertiary/aromatic N) is 6. The molecule has 7 nitrogen and oxygen atoms in total. The fourth-order valence-electron chi connectivity index (χ4n) is 3.92. The molecule has 3 aromatic heterocycles. The standard InChI is InChI=1S/C20H23N7.H2/c1-26-7-4-14(5-8-26)10-22-19-23-12-17-16(2-3-18(17)25-19)15-11-24-20-21-6-9-27(20)13-15;/h2,6,9,11-14H,3-5,7-8,10H2,1H3,(H,22,23,25);1H. The van der Waals surface area contributed by atoms with Crippen LogP contribution in [0.2, 0.25) is 0 Å². The Balaban J connectivity index is 0.00000192. The van der Waals surface area contributed by atoms with E-state index < -0.39 is 0 Å². The highest BCUT2D eigenvalue weighted by Gasteiger charge is 2.20. The van der Waals surface area contributed by atoms with Gasteiger partial charge < -0.3 is 10.2 Å². The van der Waals surface area contributed by atoms with Gasteiger partial charge in [-0.15, -0.1) is 0 Å². The maximum absolute atomic E-state index is 4.76. The van der Waals surface area contributed by atoms with Crippen molar-refractivity contribution in [2.24, 2.45) is 5.92 Å². The van der Waals surface area contributed by atoms with Gasteiger partial charge in [-0.25, -0.2) is 19.9 Å². The number of likely N-dealkylation sites (tertiary alicyclic amines) is 1. The van der Waals surface area contributed by atoms with Crippen LogP contribution in [0.5, 0.6) is 0 Å². The van der Waals surface area contributed by atoms with Gasteiger partial charge in [0.15, 0.2) is 0 Å². The molecule has 2 aliphatic rings. The maximum atomic E-state index is 4.76. The number of anilines is 1. The number of hydrogen-bond acceptors (Lipinski definition) is 6. The van der Waals surface area contributed by atoms with Crippen LogP contribution in [-0.4, -0.2) is 55.9 Å². The monoisotopic (exact) mass is 363 g/mol. The van der Waals surface area contributed by atoms with Gasteiger partial charge in [-0.05, 0) is 44.5 Å². The highest BCUT2D eigenvalue weighted by Crippen LogP contribution is 2.31. The normalized spacial score (nSPS) is 17.9. The molecule has 140 valence electrons. The van der Waals surface area contributed by atoms with Crippen LogP contribution in [0.15, 0.2) is 37.1 Å². The summed E-state index contributed by atoms with van der Waals surface area (Å²) in [6, 6.07) is 0. The van der Waals surface area contributed by atoms with E-state index in [0.717, 1.165) is 41.3 Å². The van der Waals surface area contributed by atoms with Crippen molar-refractivity contribution in [2.75, 3.05) is 32.0 Å². The second-order valence-corrected chi connectivity index (χ2v) is 7.48. The fourth-order valence-corrected chi connectivity index (χ4v) is 3.92. The largest absolute Gasteiger partial charge is 0.354 e. The second-order valence-electron chi connectivity index (χ2n) is 7.48. The number of piperidine rings is 1. The van der Waals surface area contributed by atoms with Crippen LogP contribution < -0.4 is 5.32 Å². The lowest BCUT2D eigenvalue weighted by atomic mass is 9.97. The molecule has 1 saturated heterocycles. The van der Waals surface area contributed by atoms with Crippen molar-refractivity contribution in [3.63, 3.8) is 0 Å². The van der Waals surface area contributed by atoms with Crippen LogP contribution in [0.3, 0.4) is 0 Å². The van der Waals surface area contributed by atoms with Gasteiger partial charge >= 0.3 is 0 Å². The average Bonchev–Trinajstić information content (AvgIpc) is 3.33. The molecule has 1 aliphatic carbocycles. The molecule has 0 atom stereocenters. The van der Waals surface area contributed by atoms with Crippen molar-refractivity contribution in [2.45, 2.75) is 19.3 Å². The quantitative estimate of drug-likeness (QED) is 0.768. The Labute approximate surface area is 159 Å². The van der Waals surface area contributed by atoms with Crippen LogP contribution in [-0.2, 0) is 6.42 Å². The van der Waals surface area contributed by atoms with E-state index in [1.165, 1.54) is 25.9 Å². The van der Waals surface area contributed by atoms with Gasteiger partial charge in [0.25, 0.3) is 0 Å². The maximum Gasteiger partial charge on any atom is 0.233 e. The summed E-state index contributed by atoms with van der Waals surface area (Å²) in [7, 11) is 2.19. The molecule has 3 aromatic rings. The van der Waals surface area contributed by atoms with Gasteiger partial charge in [-0.3, -0.25) is 4.40 Å². The van der Waals surface area contributed by atoms with E-state index in [9.17, 15) is 0 Å². The smallest absolute Gasteiger partial charge is 0.233 e. The van der Waals surface area contributed by atoms with Gasteiger partial charge in [-0.2, -0.15) is 0 Å². The summed E-state index contributed by atoms with van der Waals surface area (Å²) < 4.78 is 1.94. The molecule has 0 saturated carbocycles. The van der Waals surface area contributed by atoms with E-state index in [1.807, 2.05) is 23.0 Å². The Morgan fingerprint density at radius 2 is 2.07 bits per heavy atom. The van der Waals surface area contributed by atoms with Crippen LogP contribution in [0.1, 0.15) is 31.1 Å². The molecule has 5 rings (SSSR count). The Bertz CT molecular complexity index is 1000. The third kappa shape index (κ3) is 3.19. The summed E-state index contributed by atoms with van der Waals surface area (Å²) >= 11 is 0. The molecule has 27 heavy (non-hydrogen) atoms. The first-order chi connectivity index (χ1) is 13.3. The molecule has 0 spiro atoms. The average molecular weight is 363 g/mol. The first-order valence-corrected chi connectivity index (χ1v) is 9.54. The molecule has 0 bridgehead atoms. The van der Waals surface area contributed by atoms with Gasteiger partial charge in [0.1, 0.15) is 0 Å². The van der Waals surface area contributed by atoms with Gasteiger partial charge in [-0.1, -0.05) is 6.08 Å². The van der Waals surface area contributed by atoms with E-state index in [4.69, 9.17) is 4.98 Å². The SMILES string of the molecule is CN1CCC(CNc2ncc3c(n2)CC=C3c2cnc3nccn3c2)CC1.[HH]. The molecule has 1 aliphatic heterocycles. The van der Waals surface area contributed by atoms with Crippen LogP contribution in [0.25, 0.3) is 11.4 Å². The van der Waals surface area contributed by atoms with Crippen molar-refractivity contribution in [3.05, 3.63) is 53.9 Å². The zero-order valence-corrected chi connectivity index (χ0v) is 15.5. The number of fused-ring (bicyclic) bond motifs is 2. The van der Waals surface area contributed by atoms with Crippen molar-refractivity contribution in [1.29, 1.82) is 0 Å². The lowest BCUT2D eigenvalue weighted by molar-refractivity contribution is 0.226. The van der Waals surface area contributed by atoms with Gasteiger partial charge in [0.05, 0.1) is 5.69 Å². The summed E-state index contributed by atoms with van der Waals surface area (Å²) in [5, 5.41) is 3.45. The number of aromatic nitrogens is 5. The number of imidazole rings is 1. The lowest BCUT2D eigenvalue weighted by Crippen LogP contribution is -2.33. The highest BCUT2D eigenvalue weighted by molar-refractivity contribution is 5.83. The van der Waals surface area contributed by atoms with E-state index in [2.05, 4.69) is 44.5 Å². The topological polar surface area (TPSA) is 71.2 Å². The molecule has 1 fully saturated rings. The van der Waals surface area contributed by atoms with Crippen molar-refractivity contribution < 1.29 is 1.43 Å². The van der Waals surface area contributed by atoms with Gasteiger partial charge in [0.2, 0.25) is 11.7 Å². The zero-order chi connectivity index (χ0) is 18.2. The predicted octanol–water partition coefficient (Wildman–Crippen LogP) is 2.51. The van der Waals surface area contributed by atoms with E-state index >= 15 is 0 Å². The summed E-state index contributed by atoms with van der Waals surface area (Å²) in [5.41, 5.74) is 4.39. The Hall–Kier alpha value is -2.80. The minimum atomic E-state index is 0. The van der Waals surface area contributed by atoms with Crippen LogP contribution in [0, 0.1) is 5.92 Å². The third-order valence-corrected chi connectivity index (χ3v) is 5.60. The van der Waals surface area contributed by atoms with Crippen molar-refractivity contribution in [3.8, 4) is 0 Å². The van der Waals surface area contributed by atoms with Gasteiger partial charge in [0, 0.05) is 56.5 Å². The Morgan fingerprint density at radius 3 is 2.96 bits per heavy atom. The summed E-state index contributed by atoms with van der Waals surface area (Å²) in [6.07, 6.45) is 15.1. The highest BCUT2D eigenvalue weighted by atomic mass is 15.1. The summed E-state index contributed by atoms with van der Waals surface area (Å²) in [5.74, 6) is 2.16. The molecule has 0 unspecified atom stereocenters. The van der Waals surface area contributed by atoms with E-state index in [-0.39, 0.29) is 1.43 Å². The van der Waals surface area contributed by atoms with Crippen molar-refractivity contribution >= 4 is 17.3 Å². The molecule has 0 amide bonds. The van der Waals surface area contributed by atoms with E-state index in [0.29, 0.717) is 11.7 Å². The molecule has 4 heterocycles. The van der Waals surface area contributed by atoms with E-state index in [1.54, 1.807) is 6.20 Å².